The molecule has 0 aliphatic heterocycles. The number of benzene rings is 2. The van der Waals surface area contributed by atoms with Crippen LogP contribution < -0.4 is 10.1 Å². The van der Waals surface area contributed by atoms with E-state index >= 15 is 0 Å². The molecule has 0 aromatic heterocycles. The number of ether oxygens (including phenoxy) is 1. The lowest BCUT2D eigenvalue weighted by Crippen LogP contribution is -2.02. The van der Waals surface area contributed by atoms with E-state index in [4.69, 9.17) is 4.74 Å². The van der Waals surface area contributed by atoms with Crippen LogP contribution in [0.15, 0.2) is 45.3 Å². The first-order chi connectivity index (χ1) is 10.0. The summed E-state index contributed by atoms with van der Waals surface area (Å²) in [5.74, 6) is 0.733. The van der Waals surface area contributed by atoms with Crippen LogP contribution in [0.25, 0.3) is 0 Å². The van der Waals surface area contributed by atoms with E-state index in [-0.39, 0.29) is 5.69 Å². The molecule has 7 heteroatoms. The van der Waals surface area contributed by atoms with Gasteiger partial charge in [-0.25, -0.2) is 0 Å². The first kappa shape index (κ1) is 15.8. The van der Waals surface area contributed by atoms with Crippen LogP contribution in [-0.4, -0.2) is 12.0 Å². The predicted molar refractivity (Wildman–Crippen MR) is 88.8 cm³/mol. The van der Waals surface area contributed by atoms with Crippen LogP contribution >= 0.6 is 31.9 Å². The molecule has 1 N–H and O–H groups in total. The maximum absolute atomic E-state index is 10.7. The summed E-state index contributed by atoms with van der Waals surface area (Å²) in [6.07, 6.45) is 0. The van der Waals surface area contributed by atoms with Crippen molar-refractivity contribution in [3.8, 4) is 5.75 Å². The Kier molecular flexibility index (Phi) is 5.19. The maximum atomic E-state index is 10.7. The summed E-state index contributed by atoms with van der Waals surface area (Å²) in [4.78, 5) is 10.3. The van der Waals surface area contributed by atoms with Crippen LogP contribution in [0.2, 0.25) is 0 Å². The molecular formula is C14H12Br2N2O3. The molecule has 0 radical (unpaired) electrons. The Balaban J connectivity index is 2.17. The number of non-ortho nitro benzene ring substituents is 1. The minimum atomic E-state index is -0.417. The second-order valence-electron chi connectivity index (χ2n) is 4.23. The number of nitro benzene ring substituents is 1. The molecule has 21 heavy (non-hydrogen) atoms. The van der Waals surface area contributed by atoms with Gasteiger partial charge < -0.3 is 10.1 Å². The van der Waals surface area contributed by atoms with Gasteiger partial charge in [0.2, 0.25) is 0 Å². The van der Waals surface area contributed by atoms with Gasteiger partial charge in [0.1, 0.15) is 5.75 Å². The first-order valence-electron chi connectivity index (χ1n) is 6.01. The molecule has 0 unspecified atom stereocenters. The largest absolute Gasteiger partial charge is 0.495 e. The van der Waals surface area contributed by atoms with Crippen LogP contribution in [0.5, 0.6) is 5.75 Å². The van der Waals surface area contributed by atoms with Crippen LogP contribution in [0.3, 0.4) is 0 Å². The molecule has 0 heterocycles. The van der Waals surface area contributed by atoms with Gasteiger partial charge in [-0.15, -0.1) is 0 Å². The molecule has 110 valence electrons. The Hall–Kier alpha value is -1.60. The number of nitro groups is 1. The van der Waals surface area contributed by atoms with Gasteiger partial charge in [0.25, 0.3) is 5.69 Å². The molecule has 0 fully saturated rings. The molecule has 2 aromatic rings. The fraction of sp³-hybridized carbons (Fsp3) is 0.143. The zero-order valence-electron chi connectivity index (χ0n) is 11.1. The van der Waals surface area contributed by atoms with E-state index in [1.807, 2.05) is 18.2 Å². The van der Waals surface area contributed by atoms with Gasteiger partial charge in [0.15, 0.2) is 0 Å². The van der Waals surface area contributed by atoms with E-state index < -0.39 is 4.92 Å². The summed E-state index contributed by atoms with van der Waals surface area (Å²) in [6, 6.07) is 10.4. The molecule has 2 aromatic carbocycles. The summed E-state index contributed by atoms with van der Waals surface area (Å²) in [5, 5.41) is 14.0. The van der Waals surface area contributed by atoms with Crippen LogP contribution in [-0.2, 0) is 6.54 Å². The fourth-order valence-electron chi connectivity index (χ4n) is 1.80. The van der Waals surface area contributed by atoms with Gasteiger partial charge >= 0.3 is 0 Å². The third-order valence-corrected chi connectivity index (χ3v) is 4.11. The monoisotopic (exact) mass is 414 g/mol. The van der Waals surface area contributed by atoms with Crippen molar-refractivity contribution in [1.82, 2.24) is 0 Å². The van der Waals surface area contributed by atoms with E-state index in [0.29, 0.717) is 11.0 Å². The van der Waals surface area contributed by atoms with E-state index in [9.17, 15) is 10.1 Å². The van der Waals surface area contributed by atoms with Crippen LogP contribution in [0, 0.1) is 10.1 Å². The number of nitrogens with one attached hydrogen (secondary N) is 1. The normalized spacial score (nSPS) is 10.2. The Bertz CT molecular complexity index is 677. The van der Waals surface area contributed by atoms with Crippen molar-refractivity contribution in [2.45, 2.75) is 6.54 Å². The summed E-state index contributed by atoms with van der Waals surface area (Å²) in [7, 11) is 1.61. The number of methoxy groups -OCH3 is 1. The summed E-state index contributed by atoms with van der Waals surface area (Å²) < 4.78 is 6.92. The number of anilines is 1. The first-order valence-corrected chi connectivity index (χ1v) is 7.60. The van der Waals surface area contributed by atoms with Gasteiger partial charge in [-0.3, -0.25) is 10.1 Å². The van der Waals surface area contributed by atoms with Crippen LogP contribution in [0.4, 0.5) is 11.4 Å². The zero-order valence-corrected chi connectivity index (χ0v) is 14.3. The quantitative estimate of drug-likeness (QED) is 0.565. The molecule has 5 nitrogen and oxygen atoms in total. The average molecular weight is 416 g/mol. The Morgan fingerprint density at radius 1 is 1.24 bits per heavy atom. The molecular weight excluding hydrogens is 404 g/mol. The lowest BCUT2D eigenvalue weighted by atomic mass is 10.2. The van der Waals surface area contributed by atoms with Gasteiger partial charge in [0.05, 0.1) is 17.7 Å². The number of nitrogens with zero attached hydrogens (tertiary/aromatic N) is 1. The number of halogens is 2. The molecule has 0 aliphatic rings. The summed E-state index contributed by atoms with van der Waals surface area (Å²) in [5.41, 5.74) is 1.82. The highest BCUT2D eigenvalue weighted by atomic mass is 79.9. The Morgan fingerprint density at radius 2 is 2.00 bits per heavy atom. The number of hydrogen-bond acceptors (Lipinski definition) is 4. The lowest BCUT2D eigenvalue weighted by molar-refractivity contribution is -0.384. The number of hydrogen-bond donors (Lipinski definition) is 1. The molecule has 0 aliphatic carbocycles. The second kappa shape index (κ2) is 6.91. The van der Waals surface area contributed by atoms with Crippen molar-refractivity contribution in [2.24, 2.45) is 0 Å². The minimum Gasteiger partial charge on any atom is -0.495 e. The highest BCUT2D eigenvalue weighted by Gasteiger charge is 2.10. The molecule has 0 bridgehead atoms. The van der Waals surface area contributed by atoms with Crippen molar-refractivity contribution in [3.05, 3.63) is 61.0 Å². The summed E-state index contributed by atoms with van der Waals surface area (Å²) >= 11 is 6.77. The predicted octanol–water partition coefficient (Wildman–Crippen LogP) is 4.74. The molecule has 0 atom stereocenters. The SMILES string of the molecule is COc1ccc(Br)cc1NCc1ccc([N+](=O)[O-])cc1Br. The van der Waals surface area contributed by atoms with E-state index in [2.05, 4.69) is 37.2 Å². The summed E-state index contributed by atoms with van der Waals surface area (Å²) in [6.45, 7) is 0.519. The fourth-order valence-corrected chi connectivity index (χ4v) is 2.67. The van der Waals surface area contributed by atoms with E-state index in [1.165, 1.54) is 12.1 Å². The van der Waals surface area contributed by atoms with Gasteiger partial charge in [-0.1, -0.05) is 31.9 Å². The Morgan fingerprint density at radius 3 is 2.62 bits per heavy atom. The van der Waals surface area contributed by atoms with Crippen molar-refractivity contribution >= 4 is 43.2 Å². The third kappa shape index (κ3) is 3.95. The van der Waals surface area contributed by atoms with Crippen LogP contribution in [0.1, 0.15) is 5.56 Å². The smallest absolute Gasteiger partial charge is 0.270 e. The van der Waals surface area contributed by atoms with E-state index in [1.54, 1.807) is 13.2 Å². The standard InChI is InChI=1S/C14H12Br2N2O3/c1-21-14-5-3-10(15)6-13(14)17-8-9-2-4-11(18(19)20)7-12(9)16/h2-7,17H,8H2,1H3. The van der Waals surface area contributed by atoms with Crippen molar-refractivity contribution in [1.29, 1.82) is 0 Å². The third-order valence-electron chi connectivity index (χ3n) is 2.88. The minimum absolute atomic E-state index is 0.0608. The topological polar surface area (TPSA) is 64.4 Å². The molecule has 0 saturated carbocycles. The lowest BCUT2D eigenvalue weighted by Gasteiger charge is -2.12. The highest BCUT2D eigenvalue weighted by Crippen LogP contribution is 2.29. The highest BCUT2D eigenvalue weighted by molar-refractivity contribution is 9.10. The number of rotatable bonds is 5. The zero-order chi connectivity index (χ0) is 15.4. The average Bonchev–Trinajstić information content (AvgIpc) is 2.46. The van der Waals surface area contributed by atoms with Crippen molar-refractivity contribution < 1.29 is 9.66 Å². The Labute approximate surface area is 138 Å². The van der Waals surface area contributed by atoms with Crippen molar-refractivity contribution in [2.75, 3.05) is 12.4 Å². The van der Waals surface area contributed by atoms with Gasteiger partial charge in [-0.05, 0) is 29.8 Å². The molecule has 0 saturated heterocycles. The molecule has 0 spiro atoms. The van der Waals surface area contributed by atoms with Gasteiger partial charge in [-0.2, -0.15) is 0 Å². The maximum Gasteiger partial charge on any atom is 0.270 e. The molecule has 2 rings (SSSR count). The molecule has 0 amide bonds. The second-order valence-corrected chi connectivity index (χ2v) is 6.00. The van der Waals surface area contributed by atoms with E-state index in [0.717, 1.165) is 21.5 Å². The van der Waals surface area contributed by atoms with Gasteiger partial charge in [0, 0.05) is 27.6 Å². The van der Waals surface area contributed by atoms with Crippen molar-refractivity contribution in [3.63, 3.8) is 0 Å².